The first-order chi connectivity index (χ1) is 8.20. The average Bonchev–Trinajstić information content (AvgIpc) is 2.47. The topological polar surface area (TPSA) is 46.9 Å². The molecule has 0 aliphatic rings. The Morgan fingerprint density at radius 2 is 2.06 bits per heavy atom. The summed E-state index contributed by atoms with van der Waals surface area (Å²) in [5.41, 5.74) is 2.29. The molecule has 1 rings (SSSR count). The molecule has 1 heterocycles. The van der Waals surface area contributed by atoms with Gasteiger partial charge in [-0.15, -0.1) is 0 Å². The molecular weight excluding hydrogens is 247 g/mol. The number of hydrogen-bond acceptors (Lipinski definition) is 2. The minimum absolute atomic E-state index is 0.717. The van der Waals surface area contributed by atoms with Crippen LogP contribution >= 0.6 is 0 Å². The monoisotopic (exact) mass is 261 g/mol. The number of amides is 1. The normalized spacial score (nSPS) is 12.1. The van der Waals surface area contributed by atoms with E-state index in [0.29, 0.717) is 0 Å². The van der Waals surface area contributed by atoms with Crippen molar-refractivity contribution in [2.24, 2.45) is 7.05 Å². The van der Waals surface area contributed by atoms with Crippen molar-refractivity contribution in [3.8, 4) is 0 Å². The highest BCUT2D eigenvalue weighted by Gasteiger charge is 2.27. The van der Waals surface area contributed by atoms with Gasteiger partial charge in [0.05, 0.1) is 5.69 Å². The number of rotatable bonds is 3. The average molecular weight is 261 g/mol. The van der Waals surface area contributed by atoms with E-state index >= 15 is 0 Å². The van der Waals surface area contributed by atoms with Gasteiger partial charge in [-0.05, 0) is 19.9 Å². The number of hydrogen-bond donors (Lipinski definition) is 1. The minimum atomic E-state index is -4.40. The number of carbonyl (C=O) groups is 1. The van der Waals surface area contributed by atoms with Crippen LogP contribution in [0.2, 0.25) is 0 Å². The Balaban J connectivity index is 2.67. The molecule has 100 valence electrons. The molecule has 18 heavy (non-hydrogen) atoms. The number of nitrogens with one attached hydrogen (secondary N) is 1. The molecule has 0 fully saturated rings. The van der Waals surface area contributed by atoms with Gasteiger partial charge < -0.3 is 5.32 Å². The van der Waals surface area contributed by atoms with Crippen molar-refractivity contribution in [2.45, 2.75) is 20.0 Å². The summed E-state index contributed by atoms with van der Waals surface area (Å²) in [5, 5.41) is 5.89. The van der Waals surface area contributed by atoms with Crippen LogP contribution in [0.5, 0.6) is 0 Å². The molecule has 0 saturated heterocycles. The first-order valence-electron chi connectivity index (χ1n) is 5.23. The third kappa shape index (κ3) is 3.90. The first kappa shape index (κ1) is 14.3. The zero-order valence-electron chi connectivity index (χ0n) is 10.3. The Labute approximate surface area is 102 Å². The van der Waals surface area contributed by atoms with Crippen LogP contribution in [0.15, 0.2) is 6.08 Å². The first-order valence-corrected chi connectivity index (χ1v) is 5.23. The second-order valence-corrected chi connectivity index (χ2v) is 3.87. The molecule has 0 bridgehead atoms. The number of aryl methyl sites for hydroxylation is 2. The number of alkyl halides is 3. The summed E-state index contributed by atoms with van der Waals surface area (Å²) >= 11 is 0. The lowest BCUT2D eigenvalue weighted by Crippen LogP contribution is -2.32. The van der Waals surface area contributed by atoms with Gasteiger partial charge in [0, 0.05) is 24.4 Å². The van der Waals surface area contributed by atoms with E-state index in [-0.39, 0.29) is 0 Å². The third-order valence-electron chi connectivity index (χ3n) is 2.43. The van der Waals surface area contributed by atoms with Crippen LogP contribution in [0.3, 0.4) is 0 Å². The van der Waals surface area contributed by atoms with E-state index < -0.39 is 18.6 Å². The molecule has 1 amide bonds. The van der Waals surface area contributed by atoms with Gasteiger partial charge in [0.15, 0.2) is 0 Å². The Morgan fingerprint density at radius 1 is 1.44 bits per heavy atom. The van der Waals surface area contributed by atoms with Crippen LogP contribution < -0.4 is 5.32 Å². The smallest absolute Gasteiger partial charge is 0.343 e. The van der Waals surface area contributed by atoms with E-state index in [1.54, 1.807) is 24.0 Å². The van der Waals surface area contributed by atoms with E-state index in [9.17, 15) is 18.0 Å². The van der Waals surface area contributed by atoms with Gasteiger partial charge in [-0.25, -0.2) is 0 Å². The maximum atomic E-state index is 11.9. The lowest BCUT2D eigenvalue weighted by Gasteiger charge is -2.05. The van der Waals surface area contributed by atoms with Gasteiger partial charge in [-0.1, -0.05) is 0 Å². The Hall–Kier alpha value is -1.79. The molecule has 7 heteroatoms. The maximum absolute atomic E-state index is 11.9. The van der Waals surface area contributed by atoms with Gasteiger partial charge in [-0.2, -0.15) is 18.3 Å². The molecule has 1 aromatic rings. The maximum Gasteiger partial charge on any atom is 0.405 e. The van der Waals surface area contributed by atoms with E-state index in [1.165, 1.54) is 6.08 Å². The number of aromatic nitrogens is 2. The van der Waals surface area contributed by atoms with Gasteiger partial charge >= 0.3 is 6.18 Å². The molecule has 1 N–H and O–H groups in total. The SMILES string of the molecule is Cc1nn(C)c(C)c1C=CC(=O)NCC(F)(F)F. The lowest BCUT2D eigenvalue weighted by atomic mass is 10.2. The highest BCUT2D eigenvalue weighted by molar-refractivity contribution is 5.92. The van der Waals surface area contributed by atoms with Crippen molar-refractivity contribution in [1.29, 1.82) is 0 Å². The van der Waals surface area contributed by atoms with Crippen LogP contribution in [0.1, 0.15) is 17.0 Å². The van der Waals surface area contributed by atoms with Crippen LogP contribution in [-0.2, 0) is 11.8 Å². The van der Waals surface area contributed by atoms with Crippen molar-refractivity contribution in [2.75, 3.05) is 6.54 Å². The van der Waals surface area contributed by atoms with Gasteiger partial charge in [0.2, 0.25) is 5.91 Å². The second kappa shape index (κ2) is 5.24. The van der Waals surface area contributed by atoms with Gasteiger partial charge in [0.25, 0.3) is 0 Å². The van der Waals surface area contributed by atoms with Gasteiger partial charge in [-0.3, -0.25) is 9.48 Å². The fourth-order valence-corrected chi connectivity index (χ4v) is 1.44. The summed E-state index contributed by atoms with van der Waals surface area (Å²) in [6, 6.07) is 0. The molecule has 0 aliphatic carbocycles. The largest absolute Gasteiger partial charge is 0.405 e. The summed E-state index contributed by atoms with van der Waals surface area (Å²) in [4.78, 5) is 11.2. The second-order valence-electron chi connectivity index (χ2n) is 3.87. The highest BCUT2D eigenvalue weighted by atomic mass is 19.4. The third-order valence-corrected chi connectivity index (χ3v) is 2.43. The summed E-state index contributed by atoms with van der Waals surface area (Å²) < 4.78 is 37.2. The fraction of sp³-hybridized carbons (Fsp3) is 0.455. The molecule has 0 spiro atoms. The van der Waals surface area contributed by atoms with Crippen molar-refractivity contribution < 1.29 is 18.0 Å². The van der Waals surface area contributed by atoms with Crippen LogP contribution in [0.4, 0.5) is 13.2 Å². The molecule has 0 aromatic carbocycles. The molecule has 0 unspecified atom stereocenters. The van der Waals surface area contributed by atoms with Crippen molar-refractivity contribution >= 4 is 12.0 Å². The van der Waals surface area contributed by atoms with E-state index in [2.05, 4.69) is 5.10 Å². The summed E-state index contributed by atoms with van der Waals surface area (Å²) in [6.07, 6.45) is -1.87. The molecule has 0 radical (unpaired) electrons. The Morgan fingerprint density at radius 3 is 2.50 bits per heavy atom. The van der Waals surface area contributed by atoms with Crippen molar-refractivity contribution in [3.63, 3.8) is 0 Å². The van der Waals surface area contributed by atoms with Crippen molar-refractivity contribution in [3.05, 3.63) is 23.0 Å². The number of halogens is 3. The molecule has 0 aliphatic heterocycles. The standard InChI is InChI=1S/C11H14F3N3O/c1-7-9(8(2)17(3)16-7)4-5-10(18)15-6-11(12,13)14/h4-5H,6H2,1-3H3,(H,15,18). The molecule has 1 aromatic heterocycles. The minimum Gasteiger partial charge on any atom is -0.343 e. The Bertz CT molecular complexity index is 475. The predicted molar refractivity (Wildman–Crippen MR) is 60.8 cm³/mol. The zero-order chi connectivity index (χ0) is 13.9. The predicted octanol–water partition coefficient (Wildman–Crippen LogP) is 1.73. The number of nitrogens with zero attached hydrogens (tertiary/aromatic N) is 2. The molecule has 4 nitrogen and oxygen atoms in total. The quantitative estimate of drug-likeness (QED) is 0.842. The van der Waals surface area contributed by atoms with E-state index in [4.69, 9.17) is 0 Å². The van der Waals surface area contributed by atoms with Crippen molar-refractivity contribution in [1.82, 2.24) is 15.1 Å². The fourth-order valence-electron chi connectivity index (χ4n) is 1.44. The Kier molecular flexibility index (Phi) is 4.15. The molecule has 0 atom stereocenters. The van der Waals surface area contributed by atoms with Gasteiger partial charge in [0.1, 0.15) is 6.54 Å². The van der Waals surface area contributed by atoms with E-state index in [0.717, 1.165) is 23.0 Å². The van der Waals surface area contributed by atoms with Crippen LogP contribution in [0, 0.1) is 13.8 Å². The summed E-state index contributed by atoms with van der Waals surface area (Å²) in [5.74, 6) is -0.782. The lowest BCUT2D eigenvalue weighted by molar-refractivity contribution is -0.135. The van der Waals surface area contributed by atoms with E-state index in [1.807, 2.05) is 6.92 Å². The summed E-state index contributed by atoms with van der Waals surface area (Å²) in [7, 11) is 1.75. The number of carbonyl (C=O) groups excluding carboxylic acids is 1. The molecule has 0 saturated carbocycles. The van der Waals surface area contributed by atoms with Crippen LogP contribution in [-0.4, -0.2) is 28.4 Å². The zero-order valence-corrected chi connectivity index (χ0v) is 10.3. The molecular formula is C11H14F3N3O. The van der Waals surface area contributed by atoms with Crippen LogP contribution in [0.25, 0.3) is 6.08 Å². The highest BCUT2D eigenvalue weighted by Crippen LogP contribution is 2.14. The summed E-state index contributed by atoms with van der Waals surface area (Å²) in [6.45, 7) is 2.24.